The molecule has 0 saturated carbocycles. The molecular weight excluding hydrogens is 416 g/mol. The summed E-state index contributed by atoms with van der Waals surface area (Å²) in [7, 11) is 3.44. The molecule has 0 bridgehead atoms. The van der Waals surface area contributed by atoms with E-state index in [0.717, 1.165) is 27.8 Å². The number of pyridine rings is 1. The highest BCUT2D eigenvalue weighted by Gasteiger charge is 2.16. The second-order valence-electron chi connectivity index (χ2n) is 8.69. The molecule has 0 fully saturated rings. The number of nitrogens with zero attached hydrogens (tertiary/aromatic N) is 3. The standard InChI is InChI=1S/C25H28N6O2/c1-25(2,26)15-27-23-19-12-17(9-8-16(19)10-11-22(23)33-4)20-6-5-7-21(30-20)24(32)29-18-13-28-31(3)14-18/h5-14,27H,15,26H2,1-4H3,(H,29,32). The molecule has 1 amide bonds. The van der Waals surface area contributed by atoms with Gasteiger partial charge in [-0.15, -0.1) is 0 Å². The molecule has 0 radical (unpaired) electrons. The van der Waals surface area contributed by atoms with Crippen molar-refractivity contribution in [2.75, 3.05) is 24.3 Å². The van der Waals surface area contributed by atoms with Crippen molar-refractivity contribution in [1.82, 2.24) is 14.8 Å². The fourth-order valence-corrected chi connectivity index (χ4v) is 3.53. The first-order valence-electron chi connectivity index (χ1n) is 10.6. The molecule has 0 aliphatic rings. The summed E-state index contributed by atoms with van der Waals surface area (Å²) in [4.78, 5) is 17.3. The zero-order valence-electron chi connectivity index (χ0n) is 19.2. The fraction of sp³-hybridized carbons (Fsp3) is 0.240. The van der Waals surface area contributed by atoms with Crippen LogP contribution in [0.15, 0.2) is 60.9 Å². The van der Waals surface area contributed by atoms with Gasteiger partial charge < -0.3 is 21.1 Å². The van der Waals surface area contributed by atoms with Crippen molar-refractivity contribution in [2.24, 2.45) is 12.8 Å². The van der Waals surface area contributed by atoms with E-state index in [0.29, 0.717) is 23.6 Å². The van der Waals surface area contributed by atoms with E-state index < -0.39 is 0 Å². The Morgan fingerprint density at radius 1 is 1.18 bits per heavy atom. The molecule has 4 rings (SSSR count). The zero-order chi connectivity index (χ0) is 23.6. The van der Waals surface area contributed by atoms with E-state index in [1.54, 1.807) is 37.3 Å². The van der Waals surface area contributed by atoms with Crippen molar-refractivity contribution in [1.29, 1.82) is 0 Å². The average molecular weight is 445 g/mol. The monoisotopic (exact) mass is 444 g/mol. The molecule has 0 aliphatic heterocycles. The van der Waals surface area contributed by atoms with Gasteiger partial charge in [0.2, 0.25) is 0 Å². The second-order valence-corrected chi connectivity index (χ2v) is 8.69. The third kappa shape index (κ3) is 5.12. The summed E-state index contributed by atoms with van der Waals surface area (Å²) < 4.78 is 7.22. The zero-order valence-corrected chi connectivity index (χ0v) is 19.2. The molecule has 4 N–H and O–H groups in total. The number of carbonyl (C=O) groups is 1. The lowest BCUT2D eigenvalue weighted by Gasteiger charge is -2.22. The van der Waals surface area contributed by atoms with Gasteiger partial charge >= 0.3 is 0 Å². The van der Waals surface area contributed by atoms with Crippen molar-refractivity contribution in [3.63, 3.8) is 0 Å². The molecule has 8 heteroatoms. The third-order valence-electron chi connectivity index (χ3n) is 5.16. The Kier molecular flexibility index (Phi) is 6.02. The molecule has 0 atom stereocenters. The van der Waals surface area contributed by atoms with Crippen molar-refractivity contribution in [3.8, 4) is 17.0 Å². The highest BCUT2D eigenvalue weighted by molar-refractivity contribution is 6.03. The molecule has 0 aliphatic carbocycles. The maximum Gasteiger partial charge on any atom is 0.274 e. The Bertz CT molecular complexity index is 1310. The van der Waals surface area contributed by atoms with Crippen LogP contribution in [-0.4, -0.2) is 39.9 Å². The summed E-state index contributed by atoms with van der Waals surface area (Å²) in [6, 6.07) is 15.4. The molecule has 170 valence electrons. The van der Waals surface area contributed by atoms with Crippen molar-refractivity contribution in [2.45, 2.75) is 19.4 Å². The van der Waals surface area contributed by atoms with E-state index >= 15 is 0 Å². The predicted molar refractivity (Wildman–Crippen MR) is 132 cm³/mol. The van der Waals surface area contributed by atoms with E-state index in [4.69, 9.17) is 10.5 Å². The van der Waals surface area contributed by atoms with E-state index in [1.165, 1.54) is 0 Å². The molecule has 4 aromatic rings. The Balaban J connectivity index is 1.69. The van der Waals surface area contributed by atoms with Gasteiger partial charge in [0, 0.05) is 36.3 Å². The van der Waals surface area contributed by atoms with Crippen LogP contribution in [0.3, 0.4) is 0 Å². The first-order valence-corrected chi connectivity index (χ1v) is 10.6. The van der Waals surface area contributed by atoms with Gasteiger partial charge in [-0.25, -0.2) is 4.98 Å². The Labute approximate surface area is 192 Å². The summed E-state index contributed by atoms with van der Waals surface area (Å²) in [5.74, 6) is 0.446. The lowest BCUT2D eigenvalue weighted by atomic mass is 10.0. The van der Waals surface area contributed by atoms with Gasteiger partial charge in [-0.1, -0.05) is 24.3 Å². The van der Waals surface area contributed by atoms with Gasteiger partial charge in [-0.05, 0) is 43.5 Å². The molecule has 2 aromatic heterocycles. The highest BCUT2D eigenvalue weighted by atomic mass is 16.5. The summed E-state index contributed by atoms with van der Waals surface area (Å²) in [5, 5.41) is 12.4. The molecule has 33 heavy (non-hydrogen) atoms. The van der Waals surface area contributed by atoms with Gasteiger partial charge in [0.05, 0.1) is 30.4 Å². The van der Waals surface area contributed by atoms with E-state index in [9.17, 15) is 4.79 Å². The summed E-state index contributed by atoms with van der Waals surface area (Å²) in [6.45, 7) is 4.51. The number of ether oxygens (including phenoxy) is 1. The van der Waals surface area contributed by atoms with Crippen molar-refractivity contribution < 1.29 is 9.53 Å². The van der Waals surface area contributed by atoms with Gasteiger partial charge in [-0.3, -0.25) is 9.48 Å². The summed E-state index contributed by atoms with van der Waals surface area (Å²) in [5.41, 5.74) is 9.20. The van der Waals surface area contributed by atoms with Crippen LogP contribution in [0.5, 0.6) is 5.75 Å². The van der Waals surface area contributed by atoms with Crippen LogP contribution in [0.4, 0.5) is 11.4 Å². The van der Waals surface area contributed by atoms with Crippen LogP contribution >= 0.6 is 0 Å². The maximum atomic E-state index is 12.7. The number of aromatic nitrogens is 3. The molecule has 8 nitrogen and oxygen atoms in total. The first-order chi connectivity index (χ1) is 15.7. The molecule has 0 unspecified atom stereocenters. The number of fused-ring (bicyclic) bond motifs is 1. The van der Waals surface area contributed by atoms with E-state index in [-0.39, 0.29) is 11.4 Å². The van der Waals surface area contributed by atoms with Crippen LogP contribution in [0.2, 0.25) is 0 Å². The van der Waals surface area contributed by atoms with E-state index in [1.807, 2.05) is 50.2 Å². The van der Waals surface area contributed by atoms with Crippen LogP contribution < -0.4 is 21.1 Å². The highest BCUT2D eigenvalue weighted by Crippen LogP contribution is 2.35. The van der Waals surface area contributed by atoms with E-state index in [2.05, 4.69) is 26.8 Å². The fourth-order valence-electron chi connectivity index (χ4n) is 3.53. The Hall–Kier alpha value is -3.91. The average Bonchev–Trinajstić information content (AvgIpc) is 3.20. The van der Waals surface area contributed by atoms with Gasteiger partial charge in [-0.2, -0.15) is 5.10 Å². The van der Waals surface area contributed by atoms with Crippen LogP contribution in [-0.2, 0) is 7.05 Å². The predicted octanol–water partition coefficient (Wildman–Crippen LogP) is 4.05. The Morgan fingerprint density at radius 2 is 1.97 bits per heavy atom. The SMILES string of the molecule is COc1ccc2ccc(-c3cccc(C(=O)Nc4cnn(C)c4)n3)cc2c1NCC(C)(C)N. The number of amides is 1. The normalized spacial score (nSPS) is 11.4. The quantitative estimate of drug-likeness (QED) is 0.397. The topological polar surface area (TPSA) is 107 Å². The molecule has 0 spiro atoms. The van der Waals surface area contributed by atoms with Crippen LogP contribution in [0, 0.1) is 0 Å². The summed E-state index contributed by atoms with van der Waals surface area (Å²) >= 11 is 0. The lowest BCUT2D eigenvalue weighted by molar-refractivity contribution is 0.102. The minimum Gasteiger partial charge on any atom is -0.495 e. The number of hydrogen-bond acceptors (Lipinski definition) is 6. The van der Waals surface area contributed by atoms with Gasteiger partial charge in [0.15, 0.2) is 0 Å². The minimum absolute atomic E-state index is 0.292. The number of carbonyl (C=O) groups excluding carboxylic acids is 1. The number of aryl methyl sites for hydroxylation is 1. The number of methoxy groups -OCH3 is 1. The van der Waals surface area contributed by atoms with Crippen molar-refractivity contribution >= 4 is 28.1 Å². The van der Waals surface area contributed by atoms with Gasteiger partial charge in [0.25, 0.3) is 5.91 Å². The van der Waals surface area contributed by atoms with Crippen LogP contribution in [0.25, 0.3) is 22.0 Å². The lowest BCUT2D eigenvalue weighted by Crippen LogP contribution is -2.39. The molecular formula is C25H28N6O2. The number of nitrogens with one attached hydrogen (secondary N) is 2. The van der Waals surface area contributed by atoms with Crippen LogP contribution in [0.1, 0.15) is 24.3 Å². The molecule has 2 heterocycles. The number of anilines is 2. The number of hydrogen-bond donors (Lipinski definition) is 3. The maximum absolute atomic E-state index is 12.7. The smallest absolute Gasteiger partial charge is 0.274 e. The van der Waals surface area contributed by atoms with Crippen molar-refractivity contribution in [3.05, 3.63) is 66.6 Å². The summed E-state index contributed by atoms with van der Waals surface area (Å²) in [6.07, 6.45) is 3.32. The molecule has 0 saturated heterocycles. The number of nitrogens with two attached hydrogens (primary N) is 1. The second kappa shape index (κ2) is 8.91. The number of benzene rings is 2. The first kappa shape index (κ1) is 22.3. The largest absolute Gasteiger partial charge is 0.495 e. The minimum atomic E-state index is -0.387. The third-order valence-corrected chi connectivity index (χ3v) is 5.16. The number of rotatable bonds is 7. The Morgan fingerprint density at radius 3 is 2.67 bits per heavy atom. The molecule has 2 aromatic carbocycles. The van der Waals surface area contributed by atoms with Gasteiger partial charge in [0.1, 0.15) is 11.4 Å².